The van der Waals surface area contributed by atoms with Crippen LogP contribution in [0.15, 0.2) is 53.7 Å². The molecule has 3 rings (SSSR count). The molecule has 0 radical (unpaired) electrons. The highest BCUT2D eigenvalue weighted by Crippen LogP contribution is 2.27. The van der Waals surface area contributed by atoms with Crippen LogP contribution in [0.25, 0.3) is 5.69 Å². The summed E-state index contributed by atoms with van der Waals surface area (Å²) in [7, 11) is 3.17. The second-order valence-electron chi connectivity index (χ2n) is 5.96. The normalized spacial score (nSPS) is 10.5. The molecule has 0 bridgehead atoms. The fourth-order valence-electron chi connectivity index (χ4n) is 2.68. The van der Waals surface area contributed by atoms with Crippen LogP contribution in [0.5, 0.6) is 11.5 Å². The van der Waals surface area contributed by atoms with E-state index in [0.717, 1.165) is 17.1 Å². The van der Waals surface area contributed by atoms with Crippen molar-refractivity contribution in [2.24, 2.45) is 0 Å². The van der Waals surface area contributed by atoms with Crippen LogP contribution in [0.4, 0.5) is 0 Å². The Hall–Kier alpha value is -3.00. The molecule has 0 unspecified atom stereocenters. The predicted molar refractivity (Wildman–Crippen MR) is 108 cm³/mol. The Morgan fingerprint density at radius 1 is 1.07 bits per heavy atom. The standard InChI is InChI=1S/C20H22N4O3S/c1-14-22-23-20(24(14)16-7-5-4-6-8-16)28-13-19(25)21-12-15-9-10-17(26-2)18(11-15)27-3/h4-11H,12-13H2,1-3H3,(H,21,25). The van der Waals surface area contributed by atoms with E-state index < -0.39 is 0 Å². The minimum absolute atomic E-state index is 0.0833. The fraction of sp³-hybridized carbons (Fsp3) is 0.250. The SMILES string of the molecule is COc1ccc(CNC(=O)CSc2nnc(C)n2-c2ccccc2)cc1OC. The molecule has 1 N–H and O–H groups in total. The van der Waals surface area contributed by atoms with E-state index in [-0.39, 0.29) is 11.7 Å². The van der Waals surface area contributed by atoms with E-state index in [1.165, 1.54) is 11.8 Å². The number of nitrogens with zero attached hydrogens (tertiary/aromatic N) is 3. The van der Waals surface area contributed by atoms with Gasteiger partial charge in [0, 0.05) is 12.2 Å². The Balaban J connectivity index is 1.59. The lowest BCUT2D eigenvalue weighted by Gasteiger charge is -2.11. The first-order chi connectivity index (χ1) is 13.6. The largest absolute Gasteiger partial charge is 0.493 e. The Labute approximate surface area is 168 Å². The summed E-state index contributed by atoms with van der Waals surface area (Å²) in [6.07, 6.45) is 0. The zero-order valence-electron chi connectivity index (χ0n) is 16.0. The zero-order chi connectivity index (χ0) is 19.9. The molecule has 0 atom stereocenters. The average Bonchev–Trinajstić information content (AvgIpc) is 3.11. The summed E-state index contributed by atoms with van der Waals surface area (Å²) in [6, 6.07) is 15.4. The van der Waals surface area contributed by atoms with Gasteiger partial charge in [0.1, 0.15) is 5.82 Å². The van der Waals surface area contributed by atoms with Crippen LogP contribution in [0.1, 0.15) is 11.4 Å². The predicted octanol–water partition coefficient (Wildman–Crippen LogP) is 3.00. The molecule has 146 valence electrons. The molecule has 0 aliphatic rings. The van der Waals surface area contributed by atoms with Gasteiger partial charge in [0.15, 0.2) is 16.7 Å². The maximum Gasteiger partial charge on any atom is 0.230 e. The molecule has 28 heavy (non-hydrogen) atoms. The lowest BCUT2D eigenvalue weighted by atomic mass is 10.2. The molecule has 0 fully saturated rings. The van der Waals surface area contributed by atoms with Crippen LogP contribution >= 0.6 is 11.8 Å². The number of ether oxygens (including phenoxy) is 2. The van der Waals surface area contributed by atoms with Gasteiger partial charge in [-0.15, -0.1) is 10.2 Å². The Bertz CT molecular complexity index is 944. The van der Waals surface area contributed by atoms with Crippen molar-refractivity contribution in [1.82, 2.24) is 20.1 Å². The van der Waals surface area contributed by atoms with E-state index in [1.807, 2.05) is 60.0 Å². The van der Waals surface area contributed by atoms with Crippen molar-refractivity contribution in [2.45, 2.75) is 18.6 Å². The molecule has 0 saturated heterocycles. The summed E-state index contributed by atoms with van der Waals surface area (Å²) < 4.78 is 12.4. The van der Waals surface area contributed by atoms with Crippen LogP contribution in [-0.4, -0.2) is 40.6 Å². The fourth-order valence-corrected chi connectivity index (χ4v) is 3.51. The van der Waals surface area contributed by atoms with E-state index >= 15 is 0 Å². The van der Waals surface area contributed by atoms with Crippen molar-refractivity contribution in [2.75, 3.05) is 20.0 Å². The van der Waals surface area contributed by atoms with E-state index in [1.54, 1.807) is 14.2 Å². The molecule has 0 saturated carbocycles. The molecule has 3 aromatic rings. The third-order valence-corrected chi connectivity index (χ3v) is 5.01. The number of carbonyl (C=O) groups is 1. The number of nitrogens with one attached hydrogen (secondary N) is 1. The van der Waals surface area contributed by atoms with Gasteiger partial charge in [-0.25, -0.2) is 0 Å². The molecule has 2 aromatic carbocycles. The van der Waals surface area contributed by atoms with Crippen LogP contribution in [0, 0.1) is 6.92 Å². The number of aromatic nitrogens is 3. The quantitative estimate of drug-likeness (QED) is 0.588. The van der Waals surface area contributed by atoms with Crippen LogP contribution in [-0.2, 0) is 11.3 Å². The molecule has 0 aliphatic carbocycles. The molecule has 7 nitrogen and oxygen atoms in total. The molecule has 8 heteroatoms. The van der Waals surface area contributed by atoms with E-state index in [0.29, 0.717) is 23.2 Å². The van der Waals surface area contributed by atoms with E-state index in [2.05, 4.69) is 15.5 Å². The lowest BCUT2D eigenvalue weighted by molar-refractivity contribution is -0.118. The highest BCUT2D eigenvalue weighted by molar-refractivity contribution is 7.99. The number of rotatable bonds is 8. The van der Waals surface area contributed by atoms with Gasteiger partial charge in [0.25, 0.3) is 0 Å². The number of hydrogen-bond acceptors (Lipinski definition) is 6. The van der Waals surface area contributed by atoms with E-state index in [4.69, 9.17) is 9.47 Å². The number of carbonyl (C=O) groups excluding carboxylic acids is 1. The van der Waals surface area contributed by atoms with Crippen LogP contribution in [0.2, 0.25) is 0 Å². The minimum Gasteiger partial charge on any atom is -0.493 e. The molecule has 0 spiro atoms. The van der Waals surface area contributed by atoms with Crippen molar-refractivity contribution >= 4 is 17.7 Å². The van der Waals surface area contributed by atoms with Gasteiger partial charge in [-0.3, -0.25) is 9.36 Å². The highest BCUT2D eigenvalue weighted by Gasteiger charge is 2.13. The van der Waals surface area contributed by atoms with Crippen molar-refractivity contribution in [1.29, 1.82) is 0 Å². The zero-order valence-corrected chi connectivity index (χ0v) is 16.8. The smallest absolute Gasteiger partial charge is 0.230 e. The van der Waals surface area contributed by atoms with Crippen LogP contribution < -0.4 is 14.8 Å². The van der Waals surface area contributed by atoms with Gasteiger partial charge in [0.2, 0.25) is 5.91 Å². The molecule has 1 aromatic heterocycles. The number of para-hydroxylation sites is 1. The molecular formula is C20H22N4O3S. The number of aryl methyl sites for hydroxylation is 1. The first-order valence-electron chi connectivity index (χ1n) is 8.70. The third-order valence-electron chi connectivity index (χ3n) is 4.08. The number of methoxy groups -OCH3 is 2. The first-order valence-corrected chi connectivity index (χ1v) is 9.68. The second-order valence-corrected chi connectivity index (χ2v) is 6.90. The third kappa shape index (κ3) is 4.64. The second kappa shape index (κ2) is 9.27. The summed E-state index contributed by atoms with van der Waals surface area (Å²) in [4.78, 5) is 12.3. The summed E-state index contributed by atoms with van der Waals surface area (Å²) in [5.74, 6) is 2.23. The summed E-state index contributed by atoms with van der Waals surface area (Å²) in [6.45, 7) is 2.30. The van der Waals surface area contributed by atoms with Gasteiger partial charge >= 0.3 is 0 Å². The Morgan fingerprint density at radius 3 is 2.54 bits per heavy atom. The van der Waals surface area contributed by atoms with Gasteiger partial charge in [0.05, 0.1) is 20.0 Å². The van der Waals surface area contributed by atoms with Crippen molar-refractivity contribution in [3.8, 4) is 17.2 Å². The average molecular weight is 398 g/mol. The molecule has 0 aliphatic heterocycles. The summed E-state index contributed by atoms with van der Waals surface area (Å²) in [5, 5.41) is 11.9. The Morgan fingerprint density at radius 2 is 1.82 bits per heavy atom. The van der Waals surface area contributed by atoms with Crippen molar-refractivity contribution in [3.05, 3.63) is 59.9 Å². The maximum absolute atomic E-state index is 12.3. The summed E-state index contributed by atoms with van der Waals surface area (Å²) in [5.41, 5.74) is 1.90. The number of amides is 1. The van der Waals surface area contributed by atoms with Crippen molar-refractivity contribution < 1.29 is 14.3 Å². The number of thioether (sulfide) groups is 1. The Kier molecular flexibility index (Phi) is 6.54. The van der Waals surface area contributed by atoms with Gasteiger partial charge < -0.3 is 14.8 Å². The molecular weight excluding hydrogens is 376 g/mol. The number of benzene rings is 2. The monoisotopic (exact) mass is 398 g/mol. The number of hydrogen-bond donors (Lipinski definition) is 1. The maximum atomic E-state index is 12.3. The first kappa shape index (κ1) is 19.8. The molecule has 1 heterocycles. The molecule has 1 amide bonds. The van der Waals surface area contributed by atoms with Gasteiger partial charge in [-0.1, -0.05) is 36.0 Å². The summed E-state index contributed by atoms with van der Waals surface area (Å²) >= 11 is 1.35. The van der Waals surface area contributed by atoms with E-state index in [9.17, 15) is 4.79 Å². The topological polar surface area (TPSA) is 78.3 Å². The van der Waals surface area contributed by atoms with Crippen LogP contribution in [0.3, 0.4) is 0 Å². The minimum atomic E-state index is -0.0833. The van der Waals surface area contributed by atoms with Crippen molar-refractivity contribution in [3.63, 3.8) is 0 Å². The van der Waals surface area contributed by atoms with Gasteiger partial charge in [-0.05, 0) is 36.8 Å². The highest BCUT2D eigenvalue weighted by atomic mass is 32.2. The van der Waals surface area contributed by atoms with Gasteiger partial charge in [-0.2, -0.15) is 0 Å². The lowest BCUT2D eigenvalue weighted by Crippen LogP contribution is -2.24.